The van der Waals surface area contributed by atoms with Crippen LogP contribution in [0.15, 0.2) is 6.20 Å². The Morgan fingerprint density at radius 1 is 1.71 bits per heavy atom. The zero-order valence-electron chi connectivity index (χ0n) is 8.36. The largest absolute Gasteiger partial charge is 0.389 e. The highest BCUT2D eigenvalue weighted by molar-refractivity contribution is 7.19. The van der Waals surface area contributed by atoms with Crippen LogP contribution in [0.25, 0.3) is 0 Å². The van der Waals surface area contributed by atoms with Crippen LogP contribution in [0.2, 0.25) is 0 Å². The van der Waals surface area contributed by atoms with E-state index in [4.69, 9.17) is 5.73 Å². The molecule has 1 atom stereocenters. The summed E-state index contributed by atoms with van der Waals surface area (Å²) in [5.74, 6) is 0. The van der Waals surface area contributed by atoms with Crippen molar-refractivity contribution in [2.75, 3.05) is 31.2 Å². The van der Waals surface area contributed by atoms with Gasteiger partial charge in [-0.1, -0.05) is 11.3 Å². The number of thiazole rings is 1. The van der Waals surface area contributed by atoms with Gasteiger partial charge in [0.25, 0.3) is 0 Å². The van der Waals surface area contributed by atoms with E-state index in [1.807, 2.05) is 0 Å². The molecule has 1 aromatic rings. The zero-order chi connectivity index (χ0) is 9.97. The first-order valence-electron chi connectivity index (χ1n) is 4.90. The Morgan fingerprint density at radius 2 is 2.57 bits per heavy atom. The van der Waals surface area contributed by atoms with Gasteiger partial charge < -0.3 is 16.0 Å². The normalized spacial score (nSPS) is 23.6. The summed E-state index contributed by atoms with van der Waals surface area (Å²) in [5, 5.41) is 5.14. The number of nitrogen functional groups attached to an aromatic ring is 1. The number of piperidine rings is 1. The summed E-state index contributed by atoms with van der Waals surface area (Å²) >= 11 is 1.52. The van der Waals surface area contributed by atoms with E-state index < -0.39 is 0 Å². The summed E-state index contributed by atoms with van der Waals surface area (Å²) in [5.41, 5.74) is 5.62. The Kier molecular flexibility index (Phi) is 2.88. The topological polar surface area (TPSA) is 54.2 Å². The fourth-order valence-corrected chi connectivity index (χ4v) is 2.47. The Balaban J connectivity index is 1.90. The SMILES string of the molecule is CN1CCCC(Nc2ncc(N)s2)C1. The molecule has 2 heterocycles. The Hall–Kier alpha value is -0.810. The van der Waals surface area contributed by atoms with Crippen LogP contribution in [0.1, 0.15) is 12.8 Å². The lowest BCUT2D eigenvalue weighted by Crippen LogP contribution is -2.39. The van der Waals surface area contributed by atoms with Crippen LogP contribution in [0.5, 0.6) is 0 Å². The van der Waals surface area contributed by atoms with Crippen molar-refractivity contribution < 1.29 is 0 Å². The third-order valence-corrected chi connectivity index (χ3v) is 3.23. The van der Waals surface area contributed by atoms with Gasteiger partial charge in [-0.05, 0) is 26.4 Å². The van der Waals surface area contributed by atoms with Gasteiger partial charge in [0.15, 0.2) is 5.13 Å². The lowest BCUT2D eigenvalue weighted by atomic mass is 10.1. The minimum Gasteiger partial charge on any atom is -0.389 e. The molecule has 78 valence electrons. The van der Waals surface area contributed by atoms with E-state index in [9.17, 15) is 0 Å². The third kappa shape index (κ3) is 2.36. The van der Waals surface area contributed by atoms with Crippen molar-refractivity contribution >= 4 is 21.5 Å². The molecule has 5 heteroatoms. The van der Waals surface area contributed by atoms with Crippen LogP contribution in [0, 0.1) is 0 Å². The van der Waals surface area contributed by atoms with Gasteiger partial charge in [0.2, 0.25) is 0 Å². The highest BCUT2D eigenvalue weighted by atomic mass is 32.1. The van der Waals surface area contributed by atoms with Crippen LogP contribution in [-0.4, -0.2) is 36.1 Å². The van der Waals surface area contributed by atoms with Crippen LogP contribution >= 0.6 is 11.3 Å². The van der Waals surface area contributed by atoms with Crippen LogP contribution in [0.4, 0.5) is 10.1 Å². The molecule has 0 saturated carbocycles. The monoisotopic (exact) mass is 212 g/mol. The molecule has 0 aromatic carbocycles. The summed E-state index contributed by atoms with van der Waals surface area (Å²) in [6.45, 7) is 2.30. The van der Waals surface area contributed by atoms with Gasteiger partial charge in [0.05, 0.1) is 6.20 Å². The number of anilines is 2. The standard InChI is InChI=1S/C9H16N4S/c1-13-4-2-3-7(6-13)12-9-11-5-8(10)14-9/h5,7H,2-4,6,10H2,1H3,(H,11,12). The first-order valence-corrected chi connectivity index (χ1v) is 5.72. The van der Waals surface area contributed by atoms with Gasteiger partial charge in [-0.3, -0.25) is 0 Å². The van der Waals surface area contributed by atoms with E-state index in [1.165, 1.54) is 30.7 Å². The second-order valence-corrected chi connectivity index (χ2v) is 4.88. The molecule has 4 nitrogen and oxygen atoms in total. The maximum absolute atomic E-state index is 5.62. The molecule has 1 aliphatic rings. The third-order valence-electron chi connectivity index (χ3n) is 2.48. The summed E-state index contributed by atoms with van der Waals surface area (Å²) in [4.78, 5) is 6.54. The van der Waals surface area contributed by atoms with E-state index in [1.54, 1.807) is 6.20 Å². The molecular formula is C9H16N4S. The molecular weight excluding hydrogens is 196 g/mol. The maximum atomic E-state index is 5.62. The number of nitrogens with two attached hydrogens (primary N) is 1. The molecule has 0 spiro atoms. The predicted molar refractivity (Wildman–Crippen MR) is 60.7 cm³/mol. The van der Waals surface area contributed by atoms with Crippen molar-refractivity contribution in [3.05, 3.63) is 6.20 Å². The second-order valence-electron chi connectivity index (χ2n) is 3.81. The molecule has 0 radical (unpaired) electrons. The number of nitrogens with zero attached hydrogens (tertiary/aromatic N) is 2. The average molecular weight is 212 g/mol. The van der Waals surface area contributed by atoms with Crippen molar-refractivity contribution in [2.45, 2.75) is 18.9 Å². The molecule has 1 fully saturated rings. The van der Waals surface area contributed by atoms with Crippen LogP contribution < -0.4 is 11.1 Å². The molecule has 0 bridgehead atoms. The number of rotatable bonds is 2. The number of hydrogen-bond donors (Lipinski definition) is 2. The molecule has 0 aliphatic carbocycles. The first-order chi connectivity index (χ1) is 6.74. The van der Waals surface area contributed by atoms with Gasteiger partial charge in [-0.25, -0.2) is 4.98 Å². The van der Waals surface area contributed by atoms with Crippen molar-refractivity contribution in [2.24, 2.45) is 0 Å². The minimum atomic E-state index is 0.527. The van der Waals surface area contributed by atoms with Gasteiger partial charge in [0, 0.05) is 12.6 Å². The minimum absolute atomic E-state index is 0.527. The molecule has 1 aliphatic heterocycles. The van der Waals surface area contributed by atoms with Gasteiger partial charge in [0.1, 0.15) is 5.00 Å². The highest BCUT2D eigenvalue weighted by Gasteiger charge is 2.17. The molecule has 1 unspecified atom stereocenters. The lowest BCUT2D eigenvalue weighted by molar-refractivity contribution is 0.261. The van der Waals surface area contributed by atoms with Crippen molar-refractivity contribution in [3.8, 4) is 0 Å². The summed E-state index contributed by atoms with van der Waals surface area (Å²) in [7, 11) is 2.16. The molecule has 1 aromatic heterocycles. The molecule has 14 heavy (non-hydrogen) atoms. The number of aromatic nitrogens is 1. The highest BCUT2D eigenvalue weighted by Crippen LogP contribution is 2.22. The van der Waals surface area contributed by atoms with E-state index in [-0.39, 0.29) is 0 Å². The van der Waals surface area contributed by atoms with Gasteiger partial charge in [-0.15, -0.1) is 0 Å². The Bertz CT molecular complexity index is 299. The fraction of sp³-hybridized carbons (Fsp3) is 0.667. The summed E-state index contributed by atoms with van der Waals surface area (Å²) in [6, 6.07) is 0.527. The molecule has 0 amide bonds. The fourth-order valence-electron chi connectivity index (χ4n) is 1.81. The van der Waals surface area contributed by atoms with Crippen LogP contribution in [-0.2, 0) is 0 Å². The van der Waals surface area contributed by atoms with E-state index >= 15 is 0 Å². The quantitative estimate of drug-likeness (QED) is 0.774. The Morgan fingerprint density at radius 3 is 3.21 bits per heavy atom. The van der Waals surface area contributed by atoms with Gasteiger partial charge in [-0.2, -0.15) is 0 Å². The lowest BCUT2D eigenvalue weighted by Gasteiger charge is -2.29. The van der Waals surface area contributed by atoms with Crippen molar-refractivity contribution in [3.63, 3.8) is 0 Å². The zero-order valence-corrected chi connectivity index (χ0v) is 9.18. The van der Waals surface area contributed by atoms with Crippen molar-refractivity contribution in [1.82, 2.24) is 9.88 Å². The first kappa shape index (κ1) is 9.73. The maximum Gasteiger partial charge on any atom is 0.184 e. The molecule has 1 saturated heterocycles. The number of hydrogen-bond acceptors (Lipinski definition) is 5. The predicted octanol–water partition coefficient (Wildman–Crippen LogP) is 1.23. The van der Waals surface area contributed by atoms with Gasteiger partial charge >= 0.3 is 0 Å². The number of likely N-dealkylation sites (tertiary alicyclic amines) is 1. The van der Waals surface area contributed by atoms with E-state index in [2.05, 4.69) is 22.2 Å². The van der Waals surface area contributed by atoms with Crippen molar-refractivity contribution in [1.29, 1.82) is 0 Å². The molecule has 3 N–H and O–H groups in total. The second kappa shape index (κ2) is 4.14. The average Bonchev–Trinajstić information content (AvgIpc) is 2.51. The van der Waals surface area contributed by atoms with E-state index in [0.717, 1.165) is 16.7 Å². The van der Waals surface area contributed by atoms with E-state index in [0.29, 0.717) is 6.04 Å². The summed E-state index contributed by atoms with van der Waals surface area (Å²) < 4.78 is 0. The molecule has 2 rings (SSSR count). The Labute approximate surface area is 88.1 Å². The van der Waals surface area contributed by atoms with Crippen LogP contribution in [0.3, 0.4) is 0 Å². The number of likely N-dealkylation sites (N-methyl/N-ethyl adjacent to an activating group) is 1. The number of nitrogens with one attached hydrogen (secondary N) is 1. The summed E-state index contributed by atoms with van der Waals surface area (Å²) in [6.07, 6.45) is 4.19. The smallest absolute Gasteiger partial charge is 0.184 e.